The molecule has 0 saturated heterocycles. The number of fused-ring (bicyclic) bond motifs is 1. The molecule has 2 atom stereocenters. The third kappa shape index (κ3) is 4.46. The molecule has 0 aliphatic heterocycles. The van der Waals surface area contributed by atoms with Gasteiger partial charge in [0.25, 0.3) is 5.91 Å². The second kappa shape index (κ2) is 9.24. The van der Waals surface area contributed by atoms with Crippen molar-refractivity contribution >= 4 is 22.8 Å². The number of rotatable bonds is 8. The molecule has 0 aliphatic rings. The van der Waals surface area contributed by atoms with Gasteiger partial charge in [-0.1, -0.05) is 36.4 Å². The fourth-order valence-electron chi connectivity index (χ4n) is 4.19. The topological polar surface area (TPSA) is 96.8 Å². The Bertz CT molecular complexity index is 1120. The molecule has 0 bridgehead atoms. The maximum absolute atomic E-state index is 13.6. The summed E-state index contributed by atoms with van der Waals surface area (Å²) in [5.74, 6) is -0.591. The van der Waals surface area contributed by atoms with E-state index in [-0.39, 0.29) is 11.9 Å². The highest BCUT2D eigenvalue weighted by Gasteiger charge is 2.42. The molecule has 3 aromatic rings. The van der Waals surface area contributed by atoms with Gasteiger partial charge in [-0.2, -0.15) is 0 Å². The molecule has 2 amide bonds. The number of aliphatic hydroxyl groups is 1. The summed E-state index contributed by atoms with van der Waals surface area (Å²) in [6, 6.07) is 15.2. The van der Waals surface area contributed by atoms with Gasteiger partial charge in [-0.05, 0) is 50.7 Å². The Morgan fingerprint density at radius 1 is 1.12 bits per heavy atom. The standard InChI is InChI=1S/C25H31N3O4/c1-16-23(25(31)28(4,5)21(15-29)24(26)30)19-14-18(11-12-22(19)32-16)20(27(2)3)13-17-9-7-6-8-10-17/h6-12,14,20-21,29H,13,15H2,1-5H3,(H-,26,30)/p+1. The average Bonchev–Trinajstić information content (AvgIpc) is 3.06. The molecule has 32 heavy (non-hydrogen) atoms. The van der Waals surface area contributed by atoms with Crippen LogP contribution < -0.4 is 5.73 Å². The quantitative estimate of drug-likeness (QED) is 0.527. The Morgan fingerprint density at radius 3 is 2.34 bits per heavy atom. The molecule has 1 heterocycles. The number of aliphatic hydroxyl groups excluding tert-OH is 1. The van der Waals surface area contributed by atoms with Crippen molar-refractivity contribution in [2.45, 2.75) is 25.4 Å². The highest BCUT2D eigenvalue weighted by atomic mass is 16.3. The van der Waals surface area contributed by atoms with Gasteiger partial charge in [0.2, 0.25) is 0 Å². The summed E-state index contributed by atoms with van der Waals surface area (Å²) < 4.78 is 5.48. The molecule has 0 saturated carbocycles. The van der Waals surface area contributed by atoms with E-state index < -0.39 is 23.0 Å². The van der Waals surface area contributed by atoms with Gasteiger partial charge in [0.1, 0.15) is 23.5 Å². The maximum atomic E-state index is 13.6. The van der Waals surface area contributed by atoms with Crippen LogP contribution in [-0.2, 0) is 11.2 Å². The van der Waals surface area contributed by atoms with E-state index in [2.05, 4.69) is 17.0 Å². The first-order chi connectivity index (χ1) is 15.1. The smallest absolute Gasteiger partial charge is 0.350 e. The molecule has 7 nitrogen and oxygen atoms in total. The number of benzene rings is 2. The Morgan fingerprint density at radius 2 is 1.78 bits per heavy atom. The Kier molecular flexibility index (Phi) is 6.83. The number of furan rings is 1. The third-order valence-electron chi connectivity index (χ3n) is 6.19. The normalized spacial score (nSPS) is 14.0. The van der Waals surface area contributed by atoms with E-state index in [9.17, 15) is 14.7 Å². The van der Waals surface area contributed by atoms with Crippen LogP contribution in [0.1, 0.15) is 33.3 Å². The van der Waals surface area contributed by atoms with E-state index in [4.69, 9.17) is 10.2 Å². The van der Waals surface area contributed by atoms with Gasteiger partial charge in [0.15, 0.2) is 6.04 Å². The summed E-state index contributed by atoms with van der Waals surface area (Å²) in [7, 11) is 7.22. The maximum Gasteiger partial charge on any atom is 0.350 e. The van der Waals surface area contributed by atoms with Gasteiger partial charge >= 0.3 is 5.91 Å². The summed E-state index contributed by atoms with van der Waals surface area (Å²) >= 11 is 0. The number of aryl methyl sites for hydroxylation is 1. The monoisotopic (exact) mass is 438 g/mol. The number of hydrogen-bond donors (Lipinski definition) is 2. The molecule has 1 aromatic heterocycles. The Balaban J connectivity index is 2.08. The molecule has 0 radical (unpaired) electrons. The van der Waals surface area contributed by atoms with E-state index in [0.717, 1.165) is 12.0 Å². The molecule has 2 aromatic carbocycles. The van der Waals surface area contributed by atoms with E-state index in [1.165, 1.54) is 5.56 Å². The van der Waals surface area contributed by atoms with E-state index >= 15 is 0 Å². The first-order valence-electron chi connectivity index (χ1n) is 10.6. The lowest BCUT2D eigenvalue weighted by molar-refractivity contribution is -0.825. The van der Waals surface area contributed by atoms with Crippen LogP contribution in [-0.4, -0.2) is 67.1 Å². The van der Waals surface area contributed by atoms with E-state index in [0.29, 0.717) is 22.3 Å². The fourth-order valence-corrected chi connectivity index (χ4v) is 4.19. The van der Waals surface area contributed by atoms with Gasteiger partial charge in [0, 0.05) is 11.4 Å². The zero-order valence-electron chi connectivity index (χ0n) is 19.3. The van der Waals surface area contributed by atoms with Gasteiger partial charge in [-0.3, -0.25) is 4.79 Å². The van der Waals surface area contributed by atoms with Crippen LogP contribution in [0.3, 0.4) is 0 Å². The molecular weight excluding hydrogens is 406 g/mol. The van der Waals surface area contributed by atoms with Crippen molar-refractivity contribution in [3.05, 3.63) is 71.0 Å². The van der Waals surface area contributed by atoms with Gasteiger partial charge in [-0.15, -0.1) is 0 Å². The van der Waals surface area contributed by atoms with Crippen molar-refractivity contribution in [1.29, 1.82) is 0 Å². The van der Waals surface area contributed by atoms with Crippen LogP contribution >= 0.6 is 0 Å². The van der Waals surface area contributed by atoms with Crippen molar-refractivity contribution in [2.24, 2.45) is 5.73 Å². The fraction of sp³-hybridized carbons (Fsp3) is 0.360. The molecule has 3 N–H and O–H groups in total. The lowest BCUT2D eigenvalue weighted by atomic mass is 9.96. The van der Waals surface area contributed by atoms with Crippen LogP contribution in [0.2, 0.25) is 0 Å². The zero-order valence-corrected chi connectivity index (χ0v) is 19.3. The van der Waals surface area contributed by atoms with Crippen LogP contribution in [0.4, 0.5) is 0 Å². The number of nitrogens with two attached hydrogens (primary N) is 1. The number of quaternary nitrogens is 1. The summed E-state index contributed by atoms with van der Waals surface area (Å²) in [5.41, 5.74) is 8.73. The lowest BCUT2D eigenvalue weighted by Crippen LogP contribution is -2.60. The Labute approximate surface area is 188 Å². The predicted molar refractivity (Wildman–Crippen MR) is 124 cm³/mol. The highest BCUT2D eigenvalue weighted by Crippen LogP contribution is 2.33. The summed E-state index contributed by atoms with van der Waals surface area (Å²) in [6.07, 6.45) is 0.815. The minimum absolute atomic E-state index is 0.0956. The molecular formula is C25H32N3O4+. The molecule has 0 aliphatic carbocycles. The minimum atomic E-state index is -1.05. The largest absolute Gasteiger partial charge is 0.460 e. The summed E-state index contributed by atoms with van der Waals surface area (Å²) in [6.45, 7) is 1.21. The minimum Gasteiger partial charge on any atom is -0.460 e. The van der Waals surface area contributed by atoms with Crippen LogP contribution in [0.15, 0.2) is 52.9 Å². The predicted octanol–water partition coefficient (Wildman–Crippen LogP) is 2.65. The Hall–Kier alpha value is -3.00. The van der Waals surface area contributed by atoms with Crippen molar-refractivity contribution in [1.82, 2.24) is 4.90 Å². The second-order valence-corrected chi connectivity index (χ2v) is 8.90. The molecule has 2 unspecified atom stereocenters. The highest BCUT2D eigenvalue weighted by molar-refractivity contribution is 6.05. The second-order valence-electron chi connectivity index (χ2n) is 8.90. The van der Waals surface area contributed by atoms with Crippen LogP contribution in [0.25, 0.3) is 11.0 Å². The number of carbonyl (C=O) groups is 2. The molecule has 0 fully saturated rings. The van der Waals surface area contributed by atoms with Gasteiger partial charge in [-0.25, -0.2) is 9.28 Å². The first kappa shape index (κ1) is 23.7. The molecule has 0 spiro atoms. The third-order valence-corrected chi connectivity index (χ3v) is 6.19. The zero-order chi connectivity index (χ0) is 23.6. The number of hydrogen-bond acceptors (Lipinski definition) is 5. The number of amides is 2. The number of likely N-dealkylation sites (N-methyl/N-ethyl adjacent to an activating group) is 2. The molecule has 170 valence electrons. The van der Waals surface area contributed by atoms with Crippen LogP contribution in [0, 0.1) is 6.92 Å². The van der Waals surface area contributed by atoms with Gasteiger partial charge in [0.05, 0.1) is 14.1 Å². The van der Waals surface area contributed by atoms with Gasteiger partial charge < -0.3 is 20.2 Å². The number of carbonyl (C=O) groups excluding carboxylic acids is 2. The average molecular weight is 439 g/mol. The van der Waals surface area contributed by atoms with Crippen LogP contribution in [0.5, 0.6) is 0 Å². The van der Waals surface area contributed by atoms with Crippen molar-refractivity contribution in [2.75, 3.05) is 34.8 Å². The number of primary amides is 1. The van der Waals surface area contributed by atoms with Crippen molar-refractivity contribution in [3.8, 4) is 0 Å². The SMILES string of the molecule is Cc1oc2ccc(C(Cc3ccccc3)N(C)C)cc2c1C(=O)[N+](C)(C)C(CO)C(N)=O. The first-order valence-corrected chi connectivity index (χ1v) is 10.6. The number of nitrogens with zero attached hydrogens (tertiary/aromatic N) is 2. The van der Waals surface area contributed by atoms with E-state index in [1.54, 1.807) is 21.0 Å². The molecule has 3 rings (SSSR count). The summed E-state index contributed by atoms with van der Waals surface area (Å²) in [5, 5.41) is 10.4. The van der Waals surface area contributed by atoms with E-state index in [1.807, 2.05) is 50.5 Å². The van der Waals surface area contributed by atoms with Crippen molar-refractivity contribution in [3.63, 3.8) is 0 Å². The lowest BCUT2D eigenvalue weighted by Gasteiger charge is -2.32. The summed E-state index contributed by atoms with van der Waals surface area (Å²) in [4.78, 5) is 27.6. The van der Waals surface area contributed by atoms with Crippen molar-refractivity contribution < 1.29 is 23.6 Å². The molecule has 7 heteroatoms.